The Morgan fingerprint density at radius 2 is 1.86 bits per heavy atom. The normalized spacial score (nSPS) is 24.4. The minimum Gasteiger partial charge on any atom is -0.461 e. The number of ether oxygens (including phenoxy) is 1. The van der Waals surface area contributed by atoms with Crippen LogP contribution in [0.25, 0.3) is 11.0 Å². The Bertz CT molecular complexity index is 976. The highest BCUT2D eigenvalue weighted by Crippen LogP contribution is 2.40. The third-order valence-corrected chi connectivity index (χ3v) is 6.48. The van der Waals surface area contributed by atoms with Gasteiger partial charge in [-0.1, -0.05) is 24.9 Å². The molecular formula is C22H23ClO5. The number of benzene rings is 1. The monoisotopic (exact) mass is 402 g/mol. The van der Waals surface area contributed by atoms with Crippen molar-refractivity contribution in [3.8, 4) is 0 Å². The van der Waals surface area contributed by atoms with Gasteiger partial charge in [-0.3, -0.25) is 9.59 Å². The van der Waals surface area contributed by atoms with Crippen molar-refractivity contribution in [2.45, 2.75) is 52.1 Å². The molecule has 4 rings (SSSR count). The van der Waals surface area contributed by atoms with Crippen LogP contribution in [0.1, 0.15) is 50.2 Å². The molecule has 0 radical (unpaired) electrons. The molecule has 1 aromatic heterocycles. The number of carbonyl (C=O) groups is 2. The lowest BCUT2D eigenvalue weighted by molar-refractivity contribution is -0.154. The van der Waals surface area contributed by atoms with Crippen molar-refractivity contribution in [3.63, 3.8) is 0 Å². The molecule has 2 aromatic rings. The van der Waals surface area contributed by atoms with E-state index in [-0.39, 0.29) is 30.3 Å². The average molecular weight is 403 g/mol. The molecule has 0 aliphatic heterocycles. The van der Waals surface area contributed by atoms with Gasteiger partial charge in [0, 0.05) is 33.9 Å². The van der Waals surface area contributed by atoms with E-state index in [0.29, 0.717) is 40.2 Å². The first-order valence-electron chi connectivity index (χ1n) is 9.91. The fourth-order valence-electron chi connectivity index (χ4n) is 4.62. The van der Waals surface area contributed by atoms with Crippen LogP contribution in [0.4, 0.5) is 0 Å². The molecule has 0 spiro atoms. The van der Waals surface area contributed by atoms with Crippen LogP contribution in [0.3, 0.4) is 0 Å². The van der Waals surface area contributed by atoms with Gasteiger partial charge in [-0.15, -0.1) is 0 Å². The number of fused-ring (bicyclic) bond motifs is 3. The summed E-state index contributed by atoms with van der Waals surface area (Å²) in [6.07, 6.45) is 4.70. The highest BCUT2D eigenvalue weighted by molar-refractivity contribution is 6.32. The Hall–Kier alpha value is -2.14. The SMILES string of the molecule is CCc1cc2oc(=O)cc(COC(=O)C3CC4CCCC(C3)C4=O)c2cc1Cl. The molecule has 0 N–H and O–H groups in total. The van der Waals surface area contributed by atoms with Gasteiger partial charge in [-0.05, 0) is 49.8 Å². The molecule has 5 nitrogen and oxygen atoms in total. The standard InChI is InChI=1S/C22H23ClO5/c1-2-12-8-19-17(10-18(12)23)16(9-20(24)28-19)11-27-22(26)15-6-13-4-3-5-14(7-15)21(13)25/h8-10,13-15H,2-7,11H2,1H3. The van der Waals surface area contributed by atoms with Gasteiger partial charge in [0.1, 0.15) is 18.0 Å². The van der Waals surface area contributed by atoms with E-state index in [1.807, 2.05) is 6.92 Å². The molecule has 6 heteroatoms. The van der Waals surface area contributed by atoms with E-state index < -0.39 is 5.63 Å². The topological polar surface area (TPSA) is 73.6 Å². The molecule has 1 aromatic carbocycles. The van der Waals surface area contributed by atoms with Crippen LogP contribution in [0.2, 0.25) is 5.02 Å². The Morgan fingerprint density at radius 3 is 2.54 bits per heavy atom. The molecule has 2 aliphatic rings. The van der Waals surface area contributed by atoms with E-state index in [1.165, 1.54) is 6.07 Å². The molecule has 2 unspecified atom stereocenters. The second kappa shape index (κ2) is 7.70. The number of ketones is 1. The van der Waals surface area contributed by atoms with Gasteiger partial charge < -0.3 is 9.15 Å². The second-order valence-corrected chi connectivity index (χ2v) is 8.29. The minimum atomic E-state index is -0.485. The molecule has 0 saturated heterocycles. The Morgan fingerprint density at radius 1 is 1.14 bits per heavy atom. The fourth-order valence-corrected chi connectivity index (χ4v) is 4.92. The zero-order valence-electron chi connectivity index (χ0n) is 15.8. The van der Waals surface area contributed by atoms with Crippen LogP contribution < -0.4 is 5.63 Å². The molecule has 2 aliphatic carbocycles. The Labute approximate surface area is 168 Å². The van der Waals surface area contributed by atoms with Gasteiger partial charge >= 0.3 is 11.6 Å². The zero-order chi connectivity index (χ0) is 19.8. The van der Waals surface area contributed by atoms with Crippen LogP contribution >= 0.6 is 11.6 Å². The first-order chi connectivity index (χ1) is 13.5. The van der Waals surface area contributed by atoms with Crippen molar-refractivity contribution < 1.29 is 18.7 Å². The third kappa shape index (κ3) is 3.60. The highest BCUT2D eigenvalue weighted by atomic mass is 35.5. The van der Waals surface area contributed by atoms with Gasteiger partial charge in [-0.2, -0.15) is 0 Å². The number of halogens is 1. The van der Waals surface area contributed by atoms with Crippen LogP contribution in [0, 0.1) is 17.8 Å². The molecule has 0 amide bonds. The summed E-state index contributed by atoms with van der Waals surface area (Å²) >= 11 is 6.31. The maximum Gasteiger partial charge on any atom is 0.336 e. The minimum absolute atomic E-state index is 0.000853. The number of carbonyl (C=O) groups excluding carboxylic acids is 2. The Kier molecular flexibility index (Phi) is 5.28. The summed E-state index contributed by atoms with van der Waals surface area (Å²) in [4.78, 5) is 36.8. The number of rotatable bonds is 4. The molecule has 2 atom stereocenters. The van der Waals surface area contributed by atoms with Crippen molar-refractivity contribution in [1.82, 2.24) is 0 Å². The lowest BCUT2D eigenvalue weighted by Gasteiger charge is -2.36. The first kappa shape index (κ1) is 19.2. The zero-order valence-corrected chi connectivity index (χ0v) is 16.6. The lowest BCUT2D eigenvalue weighted by Crippen LogP contribution is -2.39. The summed E-state index contributed by atoms with van der Waals surface area (Å²) in [6, 6.07) is 4.86. The predicted molar refractivity (Wildman–Crippen MR) is 105 cm³/mol. The van der Waals surface area contributed by atoms with Crippen molar-refractivity contribution in [2.75, 3.05) is 0 Å². The molecule has 2 saturated carbocycles. The highest BCUT2D eigenvalue weighted by Gasteiger charge is 2.41. The van der Waals surface area contributed by atoms with Crippen molar-refractivity contribution >= 4 is 34.3 Å². The van der Waals surface area contributed by atoms with E-state index in [2.05, 4.69) is 0 Å². The number of hydrogen-bond donors (Lipinski definition) is 0. The first-order valence-corrected chi connectivity index (χ1v) is 10.3. The van der Waals surface area contributed by atoms with E-state index in [0.717, 1.165) is 31.2 Å². The van der Waals surface area contributed by atoms with Crippen molar-refractivity contribution in [2.24, 2.45) is 17.8 Å². The summed E-state index contributed by atoms with van der Waals surface area (Å²) in [5, 5.41) is 1.26. The Balaban J connectivity index is 1.52. The van der Waals surface area contributed by atoms with Gasteiger partial charge in [-0.25, -0.2) is 4.79 Å². The van der Waals surface area contributed by atoms with Gasteiger partial charge in [0.15, 0.2) is 0 Å². The van der Waals surface area contributed by atoms with Crippen molar-refractivity contribution in [1.29, 1.82) is 0 Å². The molecule has 148 valence electrons. The van der Waals surface area contributed by atoms with Gasteiger partial charge in [0.2, 0.25) is 0 Å². The van der Waals surface area contributed by atoms with E-state index in [9.17, 15) is 14.4 Å². The van der Waals surface area contributed by atoms with Crippen LogP contribution in [0.5, 0.6) is 0 Å². The maximum absolute atomic E-state index is 12.6. The van der Waals surface area contributed by atoms with E-state index in [1.54, 1.807) is 12.1 Å². The molecule has 28 heavy (non-hydrogen) atoms. The summed E-state index contributed by atoms with van der Waals surface area (Å²) in [5.41, 5.74) is 1.43. The van der Waals surface area contributed by atoms with Crippen LogP contribution in [-0.2, 0) is 27.4 Å². The van der Waals surface area contributed by atoms with Crippen LogP contribution in [-0.4, -0.2) is 11.8 Å². The summed E-state index contributed by atoms with van der Waals surface area (Å²) in [7, 11) is 0. The quantitative estimate of drug-likeness (QED) is 0.558. The lowest BCUT2D eigenvalue weighted by atomic mass is 9.67. The molecule has 2 bridgehead atoms. The second-order valence-electron chi connectivity index (χ2n) is 7.89. The smallest absolute Gasteiger partial charge is 0.336 e. The fraction of sp³-hybridized carbons (Fsp3) is 0.500. The predicted octanol–water partition coefficient (Wildman–Crippen LogP) is 4.45. The average Bonchev–Trinajstić information content (AvgIpc) is 2.65. The van der Waals surface area contributed by atoms with Gasteiger partial charge in [0.05, 0.1) is 5.92 Å². The number of esters is 1. The number of hydrogen-bond acceptors (Lipinski definition) is 5. The van der Waals surface area contributed by atoms with Gasteiger partial charge in [0.25, 0.3) is 0 Å². The summed E-state index contributed by atoms with van der Waals surface area (Å²) in [5.74, 6) is -0.207. The van der Waals surface area contributed by atoms with E-state index >= 15 is 0 Å². The van der Waals surface area contributed by atoms with Crippen LogP contribution in [0.15, 0.2) is 27.4 Å². The number of Topliss-reactive ketones (excluding diaryl/α,β-unsaturated/α-hetero) is 1. The van der Waals surface area contributed by atoms with E-state index in [4.69, 9.17) is 20.8 Å². The molecule has 1 heterocycles. The van der Waals surface area contributed by atoms with Crippen molar-refractivity contribution in [3.05, 3.63) is 44.8 Å². The summed E-state index contributed by atoms with van der Waals surface area (Å²) in [6.45, 7) is 1.96. The maximum atomic E-state index is 12.6. The largest absolute Gasteiger partial charge is 0.461 e. The molecule has 2 fully saturated rings. The summed E-state index contributed by atoms with van der Waals surface area (Å²) < 4.78 is 10.8. The molecular weight excluding hydrogens is 380 g/mol. The number of aryl methyl sites for hydroxylation is 1. The third-order valence-electron chi connectivity index (χ3n) is 6.13.